The minimum absolute atomic E-state index is 0.0389. The van der Waals surface area contributed by atoms with Crippen LogP contribution in [0.2, 0.25) is 0 Å². The minimum Gasteiger partial charge on any atom is -0.490 e. The maximum atomic E-state index is 12.5. The van der Waals surface area contributed by atoms with Crippen molar-refractivity contribution in [2.75, 3.05) is 26.4 Å². The molecule has 0 aliphatic rings. The Morgan fingerprint density at radius 3 is 1.48 bits per heavy atom. The molecule has 0 aromatic heterocycles. The Balaban J connectivity index is 1.79. The number of rotatable bonds is 14. The SMILES string of the molecule is C=C(C)C(=O)OCCOC(=O)c1ccc(-c2cc(OCCOC(=O)C(=C)C)cc(-c3ccc(OC(=O)C(=C)C)cc3)c2)cc1. The highest BCUT2D eigenvalue weighted by Crippen LogP contribution is 2.33. The molecule has 9 heteroatoms. The van der Waals surface area contributed by atoms with Crippen LogP contribution in [0.4, 0.5) is 0 Å². The van der Waals surface area contributed by atoms with Gasteiger partial charge in [0.25, 0.3) is 0 Å². The zero-order valence-corrected chi connectivity index (χ0v) is 25.0. The van der Waals surface area contributed by atoms with E-state index in [0.717, 1.165) is 22.3 Å². The van der Waals surface area contributed by atoms with E-state index in [1.54, 1.807) is 50.2 Å². The molecule has 3 aromatic rings. The van der Waals surface area contributed by atoms with Gasteiger partial charge >= 0.3 is 23.9 Å². The molecule has 0 amide bonds. The number of benzene rings is 3. The van der Waals surface area contributed by atoms with E-state index in [9.17, 15) is 19.2 Å². The van der Waals surface area contributed by atoms with Gasteiger partial charge in [-0.15, -0.1) is 0 Å². The molecule has 228 valence electrons. The van der Waals surface area contributed by atoms with Gasteiger partial charge < -0.3 is 23.7 Å². The molecular weight excluding hydrogens is 564 g/mol. The van der Waals surface area contributed by atoms with Crippen molar-refractivity contribution in [3.8, 4) is 33.8 Å². The van der Waals surface area contributed by atoms with E-state index in [-0.39, 0.29) is 32.0 Å². The first-order valence-corrected chi connectivity index (χ1v) is 13.6. The van der Waals surface area contributed by atoms with E-state index in [0.29, 0.717) is 28.2 Å². The fourth-order valence-electron chi connectivity index (χ4n) is 3.62. The molecule has 0 atom stereocenters. The summed E-state index contributed by atoms with van der Waals surface area (Å²) in [6.45, 7) is 15.3. The van der Waals surface area contributed by atoms with Crippen molar-refractivity contribution in [2.45, 2.75) is 20.8 Å². The summed E-state index contributed by atoms with van der Waals surface area (Å²) in [6.07, 6.45) is 0. The number of carbonyl (C=O) groups is 4. The third-order valence-electron chi connectivity index (χ3n) is 5.94. The normalized spacial score (nSPS) is 10.2. The van der Waals surface area contributed by atoms with Gasteiger partial charge in [0, 0.05) is 16.7 Å². The van der Waals surface area contributed by atoms with Crippen molar-refractivity contribution in [1.82, 2.24) is 0 Å². The fraction of sp³-hybridized carbons (Fsp3) is 0.200. The lowest BCUT2D eigenvalue weighted by atomic mass is 9.97. The molecule has 0 bridgehead atoms. The predicted octanol–water partition coefficient (Wildman–Crippen LogP) is 6.28. The quantitative estimate of drug-likeness (QED) is 0.0696. The monoisotopic (exact) mass is 598 g/mol. The van der Waals surface area contributed by atoms with Crippen LogP contribution in [0.15, 0.2) is 103 Å². The number of esters is 4. The Kier molecular flexibility index (Phi) is 11.8. The van der Waals surface area contributed by atoms with Crippen LogP contribution in [-0.4, -0.2) is 50.3 Å². The predicted molar refractivity (Wildman–Crippen MR) is 165 cm³/mol. The first-order valence-electron chi connectivity index (χ1n) is 13.6. The van der Waals surface area contributed by atoms with E-state index < -0.39 is 23.9 Å². The summed E-state index contributed by atoms with van der Waals surface area (Å²) in [5, 5.41) is 0. The summed E-state index contributed by atoms with van der Waals surface area (Å²) in [5.41, 5.74) is 4.40. The lowest BCUT2D eigenvalue weighted by molar-refractivity contribution is -0.140. The summed E-state index contributed by atoms with van der Waals surface area (Å²) >= 11 is 0. The molecular formula is C35H34O9. The maximum absolute atomic E-state index is 12.5. The van der Waals surface area contributed by atoms with Gasteiger partial charge in [-0.05, 0) is 85.5 Å². The number of hydrogen-bond acceptors (Lipinski definition) is 9. The van der Waals surface area contributed by atoms with E-state index in [1.807, 2.05) is 30.3 Å². The second-order valence-corrected chi connectivity index (χ2v) is 9.83. The van der Waals surface area contributed by atoms with Crippen LogP contribution in [0.25, 0.3) is 22.3 Å². The third-order valence-corrected chi connectivity index (χ3v) is 5.94. The van der Waals surface area contributed by atoms with Gasteiger partial charge in [-0.3, -0.25) is 0 Å². The molecule has 3 rings (SSSR count). The van der Waals surface area contributed by atoms with Gasteiger partial charge in [0.1, 0.15) is 37.9 Å². The molecule has 0 heterocycles. The Bertz CT molecular complexity index is 1560. The molecule has 9 nitrogen and oxygen atoms in total. The number of carbonyl (C=O) groups excluding carboxylic acids is 4. The topological polar surface area (TPSA) is 114 Å². The standard InChI is InChI=1S/C35H34O9/c1-22(2)32(36)41-16-15-40-31-20-28(19-29(21-31)26-11-13-30(14-12-26)44-34(38)24(5)6)25-7-9-27(10-8-25)35(39)43-18-17-42-33(37)23(3)4/h7-14,19-21H,1,3,5,15-18H2,2,4,6H3. The van der Waals surface area contributed by atoms with Crippen molar-refractivity contribution >= 4 is 23.9 Å². The molecule has 0 aliphatic carbocycles. The van der Waals surface area contributed by atoms with Crippen LogP contribution in [0, 0.1) is 0 Å². The van der Waals surface area contributed by atoms with Crippen LogP contribution in [0.5, 0.6) is 11.5 Å². The molecule has 0 unspecified atom stereocenters. The molecule has 3 aromatic carbocycles. The highest BCUT2D eigenvalue weighted by Gasteiger charge is 2.12. The molecule has 0 saturated heterocycles. The summed E-state index contributed by atoms with van der Waals surface area (Å²) < 4.78 is 26.5. The zero-order valence-electron chi connectivity index (χ0n) is 25.0. The first-order chi connectivity index (χ1) is 20.9. The molecule has 0 radical (unpaired) electrons. The average molecular weight is 599 g/mol. The molecule has 0 N–H and O–H groups in total. The van der Waals surface area contributed by atoms with Crippen molar-refractivity contribution in [2.24, 2.45) is 0 Å². The molecule has 0 aliphatic heterocycles. The van der Waals surface area contributed by atoms with E-state index >= 15 is 0 Å². The summed E-state index contributed by atoms with van der Waals surface area (Å²) in [6, 6.07) is 19.4. The van der Waals surface area contributed by atoms with Gasteiger partial charge in [0.05, 0.1) is 5.56 Å². The van der Waals surface area contributed by atoms with Crippen LogP contribution < -0.4 is 9.47 Å². The van der Waals surface area contributed by atoms with Gasteiger partial charge in [0.15, 0.2) is 0 Å². The van der Waals surface area contributed by atoms with Crippen molar-refractivity contribution in [3.05, 3.63) is 109 Å². The lowest BCUT2D eigenvalue weighted by Crippen LogP contribution is -2.14. The van der Waals surface area contributed by atoms with Crippen molar-refractivity contribution in [1.29, 1.82) is 0 Å². The Morgan fingerprint density at radius 2 is 0.977 bits per heavy atom. The van der Waals surface area contributed by atoms with E-state index in [1.165, 1.54) is 6.92 Å². The van der Waals surface area contributed by atoms with Crippen LogP contribution in [0.3, 0.4) is 0 Å². The van der Waals surface area contributed by atoms with Crippen molar-refractivity contribution < 1.29 is 42.9 Å². The number of hydrogen-bond donors (Lipinski definition) is 0. The largest absolute Gasteiger partial charge is 0.490 e. The Morgan fingerprint density at radius 1 is 0.523 bits per heavy atom. The zero-order chi connectivity index (χ0) is 32.2. The number of ether oxygens (including phenoxy) is 5. The minimum atomic E-state index is -0.558. The van der Waals surface area contributed by atoms with Crippen LogP contribution in [0.1, 0.15) is 31.1 Å². The molecule has 0 fully saturated rings. The van der Waals surface area contributed by atoms with Gasteiger partial charge in [-0.25, -0.2) is 19.2 Å². The first kappa shape index (κ1) is 33.1. The summed E-state index contributed by atoms with van der Waals surface area (Å²) in [5.74, 6) is -1.22. The summed E-state index contributed by atoms with van der Waals surface area (Å²) in [4.78, 5) is 47.5. The van der Waals surface area contributed by atoms with Crippen molar-refractivity contribution in [3.63, 3.8) is 0 Å². The highest BCUT2D eigenvalue weighted by atomic mass is 16.6. The highest BCUT2D eigenvalue weighted by molar-refractivity contribution is 5.91. The molecule has 0 saturated carbocycles. The van der Waals surface area contributed by atoms with E-state index in [4.69, 9.17) is 23.7 Å². The van der Waals surface area contributed by atoms with E-state index in [2.05, 4.69) is 19.7 Å². The second kappa shape index (κ2) is 15.7. The average Bonchev–Trinajstić information content (AvgIpc) is 3.01. The van der Waals surface area contributed by atoms with Gasteiger partial charge in [-0.1, -0.05) is 44.0 Å². The van der Waals surface area contributed by atoms with Crippen LogP contribution >= 0.6 is 0 Å². The van der Waals surface area contributed by atoms with Gasteiger partial charge in [-0.2, -0.15) is 0 Å². The molecule has 44 heavy (non-hydrogen) atoms. The fourth-order valence-corrected chi connectivity index (χ4v) is 3.62. The Hall–Kier alpha value is -5.44. The second-order valence-electron chi connectivity index (χ2n) is 9.83. The summed E-state index contributed by atoms with van der Waals surface area (Å²) in [7, 11) is 0. The van der Waals surface area contributed by atoms with Gasteiger partial charge in [0.2, 0.25) is 0 Å². The van der Waals surface area contributed by atoms with Crippen LogP contribution in [-0.2, 0) is 28.6 Å². The maximum Gasteiger partial charge on any atom is 0.338 e. The lowest BCUT2D eigenvalue weighted by Gasteiger charge is -2.13. The molecule has 0 spiro atoms. The third kappa shape index (κ3) is 9.84. The smallest absolute Gasteiger partial charge is 0.338 e. The Labute approximate surface area is 256 Å².